The summed E-state index contributed by atoms with van der Waals surface area (Å²) in [5.74, 6) is -2.46. The van der Waals surface area contributed by atoms with E-state index in [1.165, 1.54) is 17.0 Å². The second-order valence-electron chi connectivity index (χ2n) is 5.47. The molecule has 1 aliphatic heterocycles. The third-order valence-electron chi connectivity index (χ3n) is 3.49. The standard InChI is InChI=1S/C15H17F3N4O4/c16-15(17,18)8-20-12(13(19)24)14(25)21-9-1-3-10(4-2-9)22-5-6-26-7-11(22)23/h1-4,12,20H,5-8H2,(H2,19,24)(H,21,25)/t12-/m1/s1. The Morgan fingerprint density at radius 3 is 2.46 bits per heavy atom. The molecule has 4 N–H and O–H groups in total. The van der Waals surface area contributed by atoms with Crippen LogP contribution in [0.4, 0.5) is 24.5 Å². The first-order valence-corrected chi connectivity index (χ1v) is 7.56. The molecule has 1 heterocycles. The first-order valence-electron chi connectivity index (χ1n) is 7.56. The number of primary amides is 1. The lowest BCUT2D eigenvalue weighted by Gasteiger charge is -2.27. The smallest absolute Gasteiger partial charge is 0.370 e. The molecule has 0 aliphatic carbocycles. The fourth-order valence-corrected chi connectivity index (χ4v) is 2.27. The zero-order valence-electron chi connectivity index (χ0n) is 13.5. The maximum atomic E-state index is 12.2. The predicted octanol–water partition coefficient (Wildman–Crippen LogP) is -0.00590. The molecule has 142 valence electrons. The topological polar surface area (TPSA) is 114 Å². The van der Waals surface area contributed by atoms with Gasteiger partial charge in [0.1, 0.15) is 6.61 Å². The fourth-order valence-electron chi connectivity index (χ4n) is 2.27. The largest absolute Gasteiger partial charge is 0.401 e. The molecule has 0 saturated carbocycles. The van der Waals surface area contributed by atoms with Crippen molar-refractivity contribution in [2.75, 3.05) is 36.5 Å². The van der Waals surface area contributed by atoms with Gasteiger partial charge < -0.3 is 20.7 Å². The van der Waals surface area contributed by atoms with E-state index < -0.39 is 30.6 Å². The molecular formula is C15H17F3N4O4. The number of nitrogens with one attached hydrogen (secondary N) is 2. The number of amides is 3. The summed E-state index contributed by atoms with van der Waals surface area (Å²) in [5.41, 5.74) is 5.79. The molecule has 0 bridgehead atoms. The molecule has 1 aromatic rings. The second-order valence-corrected chi connectivity index (χ2v) is 5.47. The Morgan fingerprint density at radius 2 is 1.92 bits per heavy atom. The molecule has 2 rings (SSSR count). The number of carbonyl (C=O) groups excluding carboxylic acids is 3. The molecule has 1 aromatic carbocycles. The van der Waals surface area contributed by atoms with E-state index in [-0.39, 0.29) is 18.2 Å². The molecule has 3 amide bonds. The van der Waals surface area contributed by atoms with E-state index in [1.54, 1.807) is 17.4 Å². The van der Waals surface area contributed by atoms with Crippen molar-refractivity contribution in [3.05, 3.63) is 24.3 Å². The van der Waals surface area contributed by atoms with Crippen LogP contribution in [0.3, 0.4) is 0 Å². The van der Waals surface area contributed by atoms with Crippen LogP contribution in [0.25, 0.3) is 0 Å². The summed E-state index contributed by atoms with van der Waals surface area (Å²) in [7, 11) is 0. The van der Waals surface area contributed by atoms with E-state index in [2.05, 4.69) is 5.32 Å². The summed E-state index contributed by atoms with van der Waals surface area (Å²) >= 11 is 0. The van der Waals surface area contributed by atoms with Crippen molar-refractivity contribution in [1.29, 1.82) is 0 Å². The highest BCUT2D eigenvalue weighted by Gasteiger charge is 2.32. The van der Waals surface area contributed by atoms with Crippen molar-refractivity contribution < 1.29 is 32.3 Å². The molecule has 8 nitrogen and oxygen atoms in total. The van der Waals surface area contributed by atoms with Gasteiger partial charge in [-0.2, -0.15) is 13.2 Å². The Balaban J connectivity index is 2.01. The van der Waals surface area contributed by atoms with Gasteiger partial charge in [0.15, 0.2) is 6.04 Å². The van der Waals surface area contributed by atoms with Crippen LogP contribution in [0, 0.1) is 0 Å². The summed E-state index contributed by atoms with van der Waals surface area (Å²) in [6.45, 7) is -0.777. The minimum absolute atomic E-state index is 0.0242. The molecular weight excluding hydrogens is 357 g/mol. The second kappa shape index (κ2) is 8.15. The Kier molecular flexibility index (Phi) is 6.16. The zero-order valence-corrected chi connectivity index (χ0v) is 13.5. The molecule has 1 atom stereocenters. The highest BCUT2D eigenvalue weighted by molar-refractivity contribution is 6.09. The van der Waals surface area contributed by atoms with E-state index in [0.29, 0.717) is 18.8 Å². The van der Waals surface area contributed by atoms with Gasteiger partial charge in [-0.1, -0.05) is 0 Å². The number of hydrogen-bond donors (Lipinski definition) is 3. The minimum atomic E-state index is -4.60. The maximum absolute atomic E-state index is 12.2. The summed E-state index contributed by atoms with van der Waals surface area (Å²) in [5, 5.41) is 4.07. The van der Waals surface area contributed by atoms with Crippen molar-refractivity contribution in [2.45, 2.75) is 12.2 Å². The van der Waals surface area contributed by atoms with Crippen molar-refractivity contribution in [3.8, 4) is 0 Å². The van der Waals surface area contributed by atoms with Crippen LogP contribution < -0.4 is 21.3 Å². The quantitative estimate of drug-likeness (QED) is 0.607. The SMILES string of the molecule is NC(=O)[C@@H](NCC(F)(F)F)C(=O)Nc1ccc(N2CCOCC2=O)cc1. The number of nitrogens with two attached hydrogens (primary N) is 1. The molecule has 26 heavy (non-hydrogen) atoms. The zero-order chi connectivity index (χ0) is 19.3. The van der Waals surface area contributed by atoms with Crippen LogP contribution in [0.1, 0.15) is 0 Å². The summed E-state index contributed by atoms with van der Waals surface area (Å²) in [6.07, 6.45) is -4.60. The third kappa shape index (κ3) is 5.43. The van der Waals surface area contributed by atoms with Crippen molar-refractivity contribution in [3.63, 3.8) is 0 Å². The van der Waals surface area contributed by atoms with Gasteiger partial charge in [-0.3, -0.25) is 19.7 Å². The Morgan fingerprint density at radius 1 is 1.27 bits per heavy atom. The van der Waals surface area contributed by atoms with Crippen LogP contribution in [0.15, 0.2) is 24.3 Å². The lowest BCUT2D eigenvalue weighted by molar-refractivity contribution is -0.135. The number of rotatable bonds is 6. The molecule has 1 saturated heterocycles. The van der Waals surface area contributed by atoms with E-state index in [4.69, 9.17) is 10.5 Å². The van der Waals surface area contributed by atoms with Crippen LogP contribution in [0.2, 0.25) is 0 Å². The number of carbonyl (C=O) groups is 3. The molecule has 0 spiro atoms. The number of nitrogens with zero attached hydrogens (tertiary/aromatic N) is 1. The Hall–Kier alpha value is -2.66. The lowest BCUT2D eigenvalue weighted by Crippen LogP contribution is -2.52. The van der Waals surface area contributed by atoms with Gasteiger partial charge in [0, 0.05) is 17.9 Å². The molecule has 0 aromatic heterocycles. The number of anilines is 2. The van der Waals surface area contributed by atoms with Crippen molar-refractivity contribution >= 4 is 29.1 Å². The maximum Gasteiger partial charge on any atom is 0.401 e. The number of halogens is 3. The van der Waals surface area contributed by atoms with Crippen LogP contribution >= 0.6 is 0 Å². The van der Waals surface area contributed by atoms with Gasteiger partial charge in [-0.25, -0.2) is 0 Å². The minimum Gasteiger partial charge on any atom is -0.370 e. The van der Waals surface area contributed by atoms with E-state index >= 15 is 0 Å². The highest BCUT2D eigenvalue weighted by atomic mass is 19.4. The van der Waals surface area contributed by atoms with Crippen molar-refractivity contribution in [2.24, 2.45) is 5.73 Å². The summed E-state index contributed by atoms with van der Waals surface area (Å²) < 4.78 is 41.7. The van der Waals surface area contributed by atoms with Gasteiger partial charge in [-0.15, -0.1) is 0 Å². The Bertz CT molecular complexity index is 678. The number of alkyl halides is 3. The third-order valence-corrected chi connectivity index (χ3v) is 3.49. The van der Waals surface area contributed by atoms with Crippen LogP contribution in [-0.4, -0.2) is 56.2 Å². The number of morpholine rings is 1. The van der Waals surface area contributed by atoms with E-state index in [0.717, 1.165) is 0 Å². The van der Waals surface area contributed by atoms with Crippen molar-refractivity contribution in [1.82, 2.24) is 5.32 Å². The van der Waals surface area contributed by atoms with Gasteiger partial charge >= 0.3 is 6.18 Å². The highest BCUT2D eigenvalue weighted by Crippen LogP contribution is 2.20. The summed E-state index contributed by atoms with van der Waals surface area (Å²) in [4.78, 5) is 36.5. The van der Waals surface area contributed by atoms with E-state index in [9.17, 15) is 27.6 Å². The monoisotopic (exact) mass is 374 g/mol. The van der Waals surface area contributed by atoms with Gasteiger partial charge in [0.05, 0.1) is 13.2 Å². The van der Waals surface area contributed by atoms with Crippen LogP contribution in [-0.2, 0) is 19.1 Å². The van der Waals surface area contributed by atoms with Gasteiger partial charge in [0.25, 0.3) is 11.8 Å². The van der Waals surface area contributed by atoms with Gasteiger partial charge in [0.2, 0.25) is 5.91 Å². The average molecular weight is 374 g/mol. The first kappa shape index (κ1) is 19.7. The molecule has 1 fully saturated rings. The van der Waals surface area contributed by atoms with Crippen LogP contribution in [0.5, 0.6) is 0 Å². The molecule has 1 aliphatic rings. The number of benzene rings is 1. The fraction of sp³-hybridized carbons (Fsp3) is 0.400. The summed E-state index contributed by atoms with van der Waals surface area (Å²) in [6, 6.07) is 4.19. The predicted molar refractivity (Wildman–Crippen MR) is 85.3 cm³/mol. The number of ether oxygens (including phenoxy) is 1. The van der Waals surface area contributed by atoms with Gasteiger partial charge in [-0.05, 0) is 24.3 Å². The lowest BCUT2D eigenvalue weighted by atomic mass is 10.2. The normalized spacial score (nSPS) is 16.3. The molecule has 0 radical (unpaired) electrons. The molecule has 0 unspecified atom stereocenters. The Labute approximate surface area is 146 Å². The number of hydrogen-bond acceptors (Lipinski definition) is 5. The average Bonchev–Trinajstić information content (AvgIpc) is 2.55. The van der Waals surface area contributed by atoms with E-state index in [1.807, 2.05) is 0 Å². The first-order chi connectivity index (χ1) is 12.2. The molecule has 11 heteroatoms.